The van der Waals surface area contributed by atoms with Gasteiger partial charge >= 0.3 is 5.97 Å². The van der Waals surface area contributed by atoms with Crippen molar-refractivity contribution in [2.24, 2.45) is 4.99 Å². The highest BCUT2D eigenvalue weighted by Crippen LogP contribution is 2.38. The highest BCUT2D eigenvalue weighted by Gasteiger charge is 2.35. The van der Waals surface area contributed by atoms with Gasteiger partial charge in [0.1, 0.15) is 24.1 Å². The van der Waals surface area contributed by atoms with Gasteiger partial charge in [0.15, 0.2) is 27.8 Å². The number of esters is 1. The minimum absolute atomic E-state index is 0.167. The third-order valence-corrected chi connectivity index (χ3v) is 8.55. The number of fused-ring (bicyclic) bond motifs is 2. The Balaban J connectivity index is 1.38. The minimum atomic E-state index is -0.857. The Morgan fingerprint density at radius 3 is 2.52 bits per heavy atom. The Morgan fingerprint density at radius 2 is 1.76 bits per heavy atom. The Bertz CT molecular complexity index is 2030. The van der Waals surface area contributed by atoms with Crippen LogP contribution in [0, 0.1) is 0 Å². The molecule has 0 aliphatic carbocycles. The van der Waals surface area contributed by atoms with E-state index in [1.165, 1.54) is 23.0 Å². The number of allylic oxidation sites excluding steroid dienone is 1. The van der Waals surface area contributed by atoms with Crippen LogP contribution in [0.2, 0.25) is 0 Å². The number of thiazole rings is 1. The van der Waals surface area contributed by atoms with Crippen LogP contribution in [-0.2, 0) is 16.1 Å². The topological polar surface area (TPSA) is 116 Å². The molecule has 238 valence electrons. The first-order chi connectivity index (χ1) is 22.3. The molecule has 1 aromatic heterocycles. The monoisotopic (exact) mass is 644 g/mol. The molecule has 0 saturated heterocycles. The van der Waals surface area contributed by atoms with Crippen molar-refractivity contribution >= 4 is 23.4 Å². The Labute approximate surface area is 268 Å². The fourth-order valence-electron chi connectivity index (χ4n) is 5.38. The number of hydrogen-bond acceptors (Lipinski definition) is 11. The number of carbonyl (C=O) groups excluding carboxylic acids is 1. The zero-order valence-electron chi connectivity index (χ0n) is 25.9. The van der Waals surface area contributed by atoms with Gasteiger partial charge in [0.2, 0.25) is 6.79 Å². The summed E-state index contributed by atoms with van der Waals surface area (Å²) in [4.78, 5) is 32.5. The van der Waals surface area contributed by atoms with Crippen molar-refractivity contribution in [2.75, 3.05) is 34.7 Å². The van der Waals surface area contributed by atoms with E-state index in [1.54, 1.807) is 64.5 Å². The second kappa shape index (κ2) is 13.0. The largest absolute Gasteiger partial charge is 0.497 e. The lowest BCUT2D eigenvalue weighted by Crippen LogP contribution is -2.40. The van der Waals surface area contributed by atoms with E-state index >= 15 is 0 Å². The summed E-state index contributed by atoms with van der Waals surface area (Å²) in [6, 6.07) is 15.5. The van der Waals surface area contributed by atoms with E-state index in [0.717, 1.165) is 11.1 Å². The van der Waals surface area contributed by atoms with Gasteiger partial charge < -0.3 is 33.2 Å². The maximum Gasteiger partial charge on any atom is 0.338 e. The second-order valence-electron chi connectivity index (χ2n) is 10.3. The van der Waals surface area contributed by atoms with Gasteiger partial charge in [0.25, 0.3) is 5.56 Å². The number of ether oxygens (including phenoxy) is 7. The normalized spacial score (nSPS) is 15.2. The smallest absolute Gasteiger partial charge is 0.338 e. The Morgan fingerprint density at radius 1 is 0.978 bits per heavy atom. The third-order valence-electron chi connectivity index (χ3n) is 7.57. The van der Waals surface area contributed by atoms with Crippen molar-refractivity contribution in [3.8, 4) is 34.5 Å². The van der Waals surface area contributed by atoms with Gasteiger partial charge in [0.05, 0.1) is 43.7 Å². The highest BCUT2D eigenvalue weighted by molar-refractivity contribution is 7.07. The average Bonchev–Trinajstić information content (AvgIpc) is 3.66. The summed E-state index contributed by atoms with van der Waals surface area (Å²) in [5, 5.41) is 0. The summed E-state index contributed by atoms with van der Waals surface area (Å²) < 4.78 is 41.0. The summed E-state index contributed by atoms with van der Waals surface area (Å²) >= 11 is 1.22. The zero-order valence-corrected chi connectivity index (χ0v) is 26.8. The third kappa shape index (κ3) is 5.79. The molecule has 0 spiro atoms. The van der Waals surface area contributed by atoms with Gasteiger partial charge in [-0.2, -0.15) is 0 Å². The van der Waals surface area contributed by atoms with Crippen LogP contribution >= 0.6 is 11.3 Å². The van der Waals surface area contributed by atoms with Gasteiger partial charge in [0, 0.05) is 5.56 Å². The molecular weight excluding hydrogens is 612 g/mol. The fraction of sp³-hybridized carbons (Fsp3) is 0.265. The number of hydrogen-bond donors (Lipinski definition) is 0. The molecule has 3 aromatic carbocycles. The van der Waals surface area contributed by atoms with Crippen molar-refractivity contribution in [3.63, 3.8) is 0 Å². The van der Waals surface area contributed by atoms with Crippen LogP contribution in [0.25, 0.3) is 6.08 Å². The van der Waals surface area contributed by atoms with E-state index in [0.29, 0.717) is 61.7 Å². The molecule has 0 amide bonds. The Kier molecular flexibility index (Phi) is 8.71. The quantitative estimate of drug-likeness (QED) is 0.235. The molecule has 0 radical (unpaired) electrons. The maximum absolute atomic E-state index is 14.1. The van der Waals surface area contributed by atoms with Crippen LogP contribution in [0.3, 0.4) is 0 Å². The molecule has 11 nitrogen and oxygen atoms in total. The summed E-state index contributed by atoms with van der Waals surface area (Å²) in [6.07, 6.45) is 1.76. The summed E-state index contributed by atoms with van der Waals surface area (Å²) in [5.41, 5.74) is 2.57. The molecule has 0 saturated carbocycles. The van der Waals surface area contributed by atoms with Crippen LogP contribution in [-0.4, -0.2) is 45.3 Å². The van der Waals surface area contributed by atoms with Crippen LogP contribution < -0.4 is 43.3 Å². The molecule has 1 atom stereocenters. The molecule has 46 heavy (non-hydrogen) atoms. The maximum atomic E-state index is 14.1. The lowest BCUT2D eigenvalue weighted by Gasteiger charge is -2.26. The first-order valence-corrected chi connectivity index (χ1v) is 15.3. The number of nitrogens with zero attached hydrogens (tertiary/aromatic N) is 2. The van der Waals surface area contributed by atoms with Gasteiger partial charge in [-0.15, -0.1) is 0 Å². The van der Waals surface area contributed by atoms with E-state index in [2.05, 4.69) is 4.99 Å². The molecule has 4 aromatic rings. The van der Waals surface area contributed by atoms with E-state index in [-0.39, 0.29) is 24.5 Å². The van der Waals surface area contributed by atoms with Crippen LogP contribution in [0.5, 0.6) is 34.5 Å². The first-order valence-electron chi connectivity index (χ1n) is 14.5. The zero-order chi connectivity index (χ0) is 32.4. The predicted molar refractivity (Wildman–Crippen MR) is 170 cm³/mol. The van der Waals surface area contributed by atoms with Crippen molar-refractivity contribution < 1.29 is 38.0 Å². The van der Waals surface area contributed by atoms with Crippen molar-refractivity contribution in [2.45, 2.75) is 26.5 Å². The molecule has 6 rings (SSSR count). The highest BCUT2D eigenvalue weighted by atomic mass is 32.1. The molecule has 0 fully saturated rings. The van der Waals surface area contributed by atoms with E-state index in [1.807, 2.05) is 24.3 Å². The summed E-state index contributed by atoms with van der Waals surface area (Å²) in [5.74, 6) is 2.90. The second-order valence-corrected chi connectivity index (χ2v) is 11.3. The van der Waals surface area contributed by atoms with Crippen LogP contribution in [0.15, 0.2) is 75.7 Å². The SMILES string of the molecule is CCOC(=O)C1=C(C)N=c2sc(=Cc3ccc(OCc4ccc5c(c4)OCO5)c(OC)c3)c(=O)n2C1c1cc(OC)ccc1OC. The van der Waals surface area contributed by atoms with Crippen LogP contribution in [0.1, 0.15) is 36.6 Å². The van der Waals surface area contributed by atoms with Crippen LogP contribution in [0.4, 0.5) is 0 Å². The molecule has 12 heteroatoms. The molecule has 3 heterocycles. The van der Waals surface area contributed by atoms with E-state index in [4.69, 9.17) is 33.2 Å². The lowest BCUT2D eigenvalue weighted by atomic mass is 9.94. The average molecular weight is 645 g/mol. The molecule has 2 aliphatic heterocycles. The predicted octanol–water partition coefficient (Wildman–Crippen LogP) is 4.13. The lowest BCUT2D eigenvalue weighted by molar-refractivity contribution is -0.139. The van der Waals surface area contributed by atoms with Crippen molar-refractivity contribution in [1.82, 2.24) is 4.57 Å². The number of benzene rings is 3. The minimum Gasteiger partial charge on any atom is -0.497 e. The van der Waals surface area contributed by atoms with Crippen molar-refractivity contribution in [1.29, 1.82) is 0 Å². The molecule has 0 N–H and O–H groups in total. The van der Waals surface area contributed by atoms with Crippen molar-refractivity contribution in [3.05, 3.63) is 102 Å². The van der Waals surface area contributed by atoms with E-state index < -0.39 is 12.0 Å². The standard InChI is InChI=1S/C34H32N2O9S/c1-6-42-33(38)30-19(2)35-34-36(31(30)23-16-22(39-3)9-12-24(23)40-4)32(37)29(46-34)15-20-7-10-25(27(13-20)41-5)43-17-21-8-11-26-28(14-21)45-18-44-26/h7-16,31H,6,17-18H2,1-5H3. The van der Waals surface area contributed by atoms with E-state index in [9.17, 15) is 9.59 Å². The summed E-state index contributed by atoms with van der Waals surface area (Å²) in [6.45, 7) is 4.12. The molecule has 0 bridgehead atoms. The van der Waals surface area contributed by atoms with Gasteiger partial charge in [-0.1, -0.05) is 23.5 Å². The molecular formula is C34H32N2O9S. The Hall–Kier alpha value is -5.23. The van der Waals surface area contributed by atoms with Gasteiger partial charge in [-0.3, -0.25) is 9.36 Å². The first kappa shape index (κ1) is 30.8. The number of methoxy groups -OCH3 is 3. The number of rotatable bonds is 10. The summed E-state index contributed by atoms with van der Waals surface area (Å²) in [7, 11) is 4.64. The van der Waals surface area contributed by atoms with Gasteiger partial charge in [-0.25, -0.2) is 9.79 Å². The number of carbonyl (C=O) groups is 1. The van der Waals surface area contributed by atoms with Gasteiger partial charge in [-0.05, 0) is 73.5 Å². The number of aromatic nitrogens is 1. The fourth-order valence-corrected chi connectivity index (χ4v) is 6.42. The molecule has 1 unspecified atom stereocenters. The molecule has 2 aliphatic rings.